The van der Waals surface area contributed by atoms with Gasteiger partial charge < -0.3 is 5.11 Å². The van der Waals surface area contributed by atoms with Crippen LogP contribution in [0.15, 0.2) is 23.0 Å². The van der Waals surface area contributed by atoms with Crippen LogP contribution >= 0.6 is 0 Å². The lowest BCUT2D eigenvalue weighted by Crippen LogP contribution is -2.04. The fourth-order valence-electron chi connectivity index (χ4n) is 0.835. The number of carboxylic acid groups (broad SMARTS) is 1. The molecule has 0 rings (SSSR count). The van der Waals surface area contributed by atoms with Crippen LogP contribution in [0.5, 0.6) is 0 Å². The van der Waals surface area contributed by atoms with E-state index < -0.39 is 24.0 Å². The maximum absolute atomic E-state index is 12.9. The van der Waals surface area contributed by atoms with Crippen molar-refractivity contribution in [3.05, 3.63) is 23.0 Å². The molecule has 0 aliphatic heterocycles. The summed E-state index contributed by atoms with van der Waals surface area (Å²) in [4.78, 5) is 10.6. The van der Waals surface area contributed by atoms with E-state index in [0.29, 0.717) is 18.1 Å². The summed E-state index contributed by atoms with van der Waals surface area (Å²) < 4.78 is 24.6. The SMILES string of the molecule is CC/C(C)=C(C(=O)O)\C(F)=C/CF. The normalized spacial score (nSPS) is 14.0. The molecule has 0 aliphatic rings. The van der Waals surface area contributed by atoms with Gasteiger partial charge in [-0.1, -0.05) is 12.5 Å². The number of rotatable bonds is 4. The second-order valence-electron chi connectivity index (χ2n) is 2.52. The molecule has 0 bridgehead atoms. The average molecular weight is 190 g/mol. The number of hydrogen-bond donors (Lipinski definition) is 1. The van der Waals surface area contributed by atoms with E-state index in [9.17, 15) is 13.6 Å². The highest BCUT2D eigenvalue weighted by atomic mass is 19.1. The Morgan fingerprint density at radius 2 is 2.08 bits per heavy atom. The van der Waals surface area contributed by atoms with Gasteiger partial charge in [-0.3, -0.25) is 0 Å². The van der Waals surface area contributed by atoms with Crippen molar-refractivity contribution in [1.82, 2.24) is 0 Å². The van der Waals surface area contributed by atoms with Crippen molar-refractivity contribution in [2.24, 2.45) is 0 Å². The third kappa shape index (κ3) is 3.36. The van der Waals surface area contributed by atoms with E-state index in [1.54, 1.807) is 6.92 Å². The summed E-state index contributed by atoms with van der Waals surface area (Å²) >= 11 is 0. The van der Waals surface area contributed by atoms with Crippen LogP contribution in [0.3, 0.4) is 0 Å². The van der Waals surface area contributed by atoms with Crippen LogP contribution in [-0.2, 0) is 4.79 Å². The summed E-state index contributed by atoms with van der Waals surface area (Å²) in [7, 11) is 0. The minimum absolute atomic E-state index is 0.398. The topological polar surface area (TPSA) is 37.3 Å². The van der Waals surface area contributed by atoms with Crippen LogP contribution in [0.2, 0.25) is 0 Å². The van der Waals surface area contributed by atoms with Gasteiger partial charge >= 0.3 is 5.97 Å². The molecule has 0 fully saturated rings. The fourth-order valence-corrected chi connectivity index (χ4v) is 0.835. The Morgan fingerprint density at radius 3 is 2.38 bits per heavy atom. The molecule has 0 aromatic heterocycles. The molecule has 0 aromatic rings. The van der Waals surface area contributed by atoms with Gasteiger partial charge in [0.15, 0.2) is 0 Å². The number of hydrogen-bond acceptors (Lipinski definition) is 1. The number of carbonyl (C=O) groups is 1. The van der Waals surface area contributed by atoms with Gasteiger partial charge in [-0.05, 0) is 19.4 Å². The van der Waals surface area contributed by atoms with Crippen molar-refractivity contribution in [3.63, 3.8) is 0 Å². The molecule has 74 valence electrons. The monoisotopic (exact) mass is 190 g/mol. The lowest BCUT2D eigenvalue weighted by atomic mass is 10.1. The van der Waals surface area contributed by atoms with E-state index in [1.807, 2.05) is 0 Å². The summed E-state index contributed by atoms with van der Waals surface area (Å²) in [5.74, 6) is -2.36. The van der Waals surface area contributed by atoms with Gasteiger partial charge in [-0.2, -0.15) is 0 Å². The molecule has 2 nitrogen and oxygen atoms in total. The molecule has 4 heteroatoms. The Labute approximate surface area is 75.6 Å². The lowest BCUT2D eigenvalue weighted by Gasteiger charge is -2.03. The van der Waals surface area contributed by atoms with E-state index in [0.717, 1.165) is 0 Å². The molecule has 0 radical (unpaired) electrons. The van der Waals surface area contributed by atoms with Gasteiger partial charge in [0.25, 0.3) is 0 Å². The van der Waals surface area contributed by atoms with E-state index in [2.05, 4.69) is 0 Å². The van der Waals surface area contributed by atoms with Gasteiger partial charge in [0.1, 0.15) is 12.5 Å². The molecule has 1 N–H and O–H groups in total. The Bertz CT molecular complexity index is 254. The predicted octanol–water partition coefficient (Wildman–Crippen LogP) is 2.62. The van der Waals surface area contributed by atoms with E-state index >= 15 is 0 Å². The molecule has 0 amide bonds. The molecule has 0 aliphatic carbocycles. The Hall–Kier alpha value is -1.19. The van der Waals surface area contributed by atoms with Crippen molar-refractivity contribution < 1.29 is 18.7 Å². The molecular formula is C9H12F2O2. The third-order valence-corrected chi connectivity index (χ3v) is 1.67. The quantitative estimate of drug-likeness (QED) is 0.546. The van der Waals surface area contributed by atoms with Crippen molar-refractivity contribution in [2.75, 3.05) is 6.67 Å². The summed E-state index contributed by atoms with van der Waals surface area (Å²) in [5.41, 5.74) is -0.0325. The molecule has 13 heavy (non-hydrogen) atoms. The molecular weight excluding hydrogens is 178 g/mol. The van der Waals surface area contributed by atoms with Crippen LogP contribution in [0.25, 0.3) is 0 Å². The summed E-state index contributed by atoms with van der Waals surface area (Å²) in [6, 6.07) is 0. The zero-order chi connectivity index (χ0) is 10.4. The molecule has 0 saturated heterocycles. The highest BCUT2D eigenvalue weighted by molar-refractivity contribution is 5.91. The number of aliphatic carboxylic acids is 1. The Balaban J connectivity index is 5.05. The van der Waals surface area contributed by atoms with Crippen molar-refractivity contribution in [2.45, 2.75) is 20.3 Å². The molecule has 0 heterocycles. The average Bonchev–Trinajstić information content (AvgIpc) is 2.04. The second kappa shape index (κ2) is 5.45. The van der Waals surface area contributed by atoms with Crippen LogP contribution in [0.4, 0.5) is 8.78 Å². The maximum Gasteiger partial charge on any atom is 0.338 e. The first kappa shape index (κ1) is 11.8. The third-order valence-electron chi connectivity index (χ3n) is 1.67. The fraction of sp³-hybridized carbons (Fsp3) is 0.444. The molecule has 0 spiro atoms. The minimum atomic E-state index is -1.36. The number of carboxylic acids is 1. The van der Waals surface area contributed by atoms with Crippen molar-refractivity contribution in [3.8, 4) is 0 Å². The van der Waals surface area contributed by atoms with Gasteiger partial charge in [0, 0.05) is 0 Å². The molecule has 0 atom stereocenters. The van der Waals surface area contributed by atoms with E-state index in [-0.39, 0.29) is 0 Å². The smallest absolute Gasteiger partial charge is 0.338 e. The largest absolute Gasteiger partial charge is 0.478 e. The first-order valence-corrected chi connectivity index (χ1v) is 3.89. The van der Waals surface area contributed by atoms with Crippen LogP contribution in [0, 0.1) is 0 Å². The zero-order valence-electron chi connectivity index (χ0n) is 7.60. The number of halogens is 2. The Morgan fingerprint density at radius 1 is 1.54 bits per heavy atom. The first-order valence-electron chi connectivity index (χ1n) is 3.89. The molecule has 0 aromatic carbocycles. The van der Waals surface area contributed by atoms with E-state index in [4.69, 9.17) is 5.11 Å². The van der Waals surface area contributed by atoms with Gasteiger partial charge in [0.2, 0.25) is 0 Å². The highest BCUT2D eigenvalue weighted by Crippen LogP contribution is 2.18. The predicted molar refractivity (Wildman–Crippen MR) is 45.8 cm³/mol. The van der Waals surface area contributed by atoms with Crippen LogP contribution < -0.4 is 0 Å². The molecule has 0 saturated carbocycles. The standard InChI is InChI=1S/C9H12F2O2/c1-3-6(2)8(9(12)13)7(11)4-5-10/h4H,3,5H2,1-2H3,(H,12,13)/b7-4+,8-6+. The number of alkyl halides is 1. The van der Waals surface area contributed by atoms with Crippen LogP contribution in [0.1, 0.15) is 20.3 Å². The van der Waals surface area contributed by atoms with Gasteiger partial charge in [-0.15, -0.1) is 0 Å². The first-order chi connectivity index (χ1) is 6.04. The highest BCUT2D eigenvalue weighted by Gasteiger charge is 2.15. The summed E-state index contributed by atoms with van der Waals surface area (Å²) in [5, 5.41) is 8.61. The van der Waals surface area contributed by atoms with Gasteiger partial charge in [0.05, 0.1) is 5.57 Å². The van der Waals surface area contributed by atoms with Crippen molar-refractivity contribution in [1.29, 1.82) is 0 Å². The van der Waals surface area contributed by atoms with E-state index in [1.165, 1.54) is 6.92 Å². The lowest BCUT2D eigenvalue weighted by molar-refractivity contribution is -0.132. The van der Waals surface area contributed by atoms with Crippen molar-refractivity contribution >= 4 is 5.97 Å². The maximum atomic E-state index is 12.9. The Kier molecular flexibility index (Phi) is 4.96. The molecule has 0 unspecified atom stereocenters. The summed E-state index contributed by atoms with van der Waals surface area (Å²) in [6.45, 7) is 2.22. The van der Waals surface area contributed by atoms with Crippen LogP contribution in [-0.4, -0.2) is 17.8 Å². The summed E-state index contributed by atoms with van der Waals surface area (Å²) in [6.07, 6.45) is 1.04. The number of allylic oxidation sites excluding steroid dienone is 2. The zero-order valence-corrected chi connectivity index (χ0v) is 7.60. The minimum Gasteiger partial charge on any atom is -0.478 e. The van der Waals surface area contributed by atoms with Gasteiger partial charge in [-0.25, -0.2) is 13.6 Å². The second-order valence-corrected chi connectivity index (χ2v) is 2.52.